The molecule has 4 heteroatoms. The van der Waals surface area contributed by atoms with E-state index in [1.165, 1.54) is 5.69 Å². The quantitative estimate of drug-likeness (QED) is 0.814. The second-order valence-electron chi connectivity index (χ2n) is 4.40. The highest BCUT2D eigenvalue weighted by atomic mass is 16.5. The summed E-state index contributed by atoms with van der Waals surface area (Å²) in [5.74, 6) is 1.35. The molecule has 2 rings (SSSR count). The lowest BCUT2D eigenvalue weighted by Gasteiger charge is -2.14. The third-order valence-electron chi connectivity index (χ3n) is 3.36. The molecule has 1 aromatic heterocycles. The summed E-state index contributed by atoms with van der Waals surface area (Å²) in [4.78, 5) is 7.98. The van der Waals surface area contributed by atoms with Gasteiger partial charge < -0.3 is 15.5 Å². The number of aryl methyl sites for hydroxylation is 2. The Morgan fingerprint density at radius 3 is 2.81 bits per heavy atom. The average molecular weight is 223 g/mol. The molecule has 0 spiro atoms. The Labute approximate surface area is 96.6 Å². The van der Waals surface area contributed by atoms with E-state index in [1.807, 2.05) is 0 Å². The van der Waals surface area contributed by atoms with Crippen molar-refractivity contribution in [2.75, 3.05) is 13.2 Å². The lowest BCUT2D eigenvalue weighted by Crippen LogP contribution is -2.22. The fraction of sp³-hybridized carbons (Fsp3) is 0.750. The predicted molar refractivity (Wildman–Crippen MR) is 63.2 cm³/mol. The Hall–Kier alpha value is -0.870. The molecule has 0 bridgehead atoms. The molecule has 0 radical (unpaired) electrons. The Kier molecular flexibility index (Phi) is 3.61. The first-order valence-corrected chi connectivity index (χ1v) is 6.17. The normalized spacial score (nSPS) is 22.6. The topological polar surface area (TPSA) is 63.9 Å². The molecule has 1 aromatic rings. The van der Waals surface area contributed by atoms with E-state index in [0.717, 1.165) is 44.0 Å². The molecule has 16 heavy (non-hydrogen) atoms. The van der Waals surface area contributed by atoms with Gasteiger partial charge in [-0.1, -0.05) is 13.8 Å². The van der Waals surface area contributed by atoms with Gasteiger partial charge in [-0.3, -0.25) is 0 Å². The predicted octanol–water partition coefficient (Wildman–Crippen LogP) is 1.57. The summed E-state index contributed by atoms with van der Waals surface area (Å²) in [6.45, 7) is 5.87. The second-order valence-corrected chi connectivity index (χ2v) is 4.40. The number of rotatable bonds is 4. The zero-order chi connectivity index (χ0) is 11.5. The van der Waals surface area contributed by atoms with E-state index >= 15 is 0 Å². The van der Waals surface area contributed by atoms with Crippen LogP contribution in [0.5, 0.6) is 0 Å². The molecule has 0 aromatic carbocycles. The molecule has 2 atom stereocenters. The highest BCUT2D eigenvalue weighted by Gasteiger charge is 2.26. The highest BCUT2D eigenvalue weighted by Crippen LogP contribution is 2.25. The van der Waals surface area contributed by atoms with Crippen molar-refractivity contribution in [3.05, 3.63) is 17.2 Å². The van der Waals surface area contributed by atoms with Crippen LogP contribution < -0.4 is 5.73 Å². The van der Waals surface area contributed by atoms with Crippen LogP contribution in [-0.4, -0.2) is 23.2 Å². The summed E-state index contributed by atoms with van der Waals surface area (Å²) in [5, 5.41) is 0. The molecule has 0 aliphatic carbocycles. The maximum atomic E-state index is 6.22. The van der Waals surface area contributed by atoms with Gasteiger partial charge in [0.2, 0.25) is 0 Å². The van der Waals surface area contributed by atoms with E-state index in [-0.39, 0.29) is 6.04 Å². The van der Waals surface area contributed by atoms with E-state index in [2.05, 4.69) is 23.8 Å². The Bertz CT molecular complexity index is 321. The van der Waals surface area contributed by atoms with E-state index in [9.17, 15) is 0 Å². The minimum atomic E-state index is -0.00639. The first-order chi connectivity index (χ1) is 7.76. The van der Waals surface area contributed by atoms with Crippen LogP contribution in [0.1, 0.15) is 43.5 Å². The summed E-state index contributed by atoms with van der Waals surface area (Å²) in [6, 6.07) is -0.00639. The third-order valence-corrected chi connectivity index (χ3v) is 3.36. The fourth-order valence-electron chi connectivity index (χ4n) is 2.27. The van der Waals surface area contributed by atoms with E-state index in [4.69, 9.17) is 10.5 Å². The number of hydrogen-bond donors (Lipinski definition) is 2. The van der Waals surface area contributed by atoms with Crippen LogP contribution in [-0.2, 0) is 17.6 Å². The van der Waals surface area contributed by atoms with Crippen molar-refractivity contribution in [3.63, 3.8) is 0 Å². The van der Waals surface area contributed by atoms with Crippen LogP contribution in [0.4, 0.5) is 0 Å². The van der Waals surface area contributed by atoms with Crippen LogP contribution in [0.15, 0.2) is 0 Å². The summed E-state index contributed by atoms with van der Waals surface area (Å²) in [6.07, 6.45) is 3.00. The summed E-state index contributed by atoms with van der Waals surface area (Å²) < 4.78 is 5.37. The summed E-state index contributed by atoms with van der Waals surface area (Å²) >= 11 is 0. The summed E-state index contributed by atoms with van der Waals surface area (Å²) in [5.41, 5.74) is 8.61. The van der Waals surface area contributed by atoms with Crippen molar-refractivity contribution >= 4 is 0 Å². The monoisotopic (exact) mass is 223 g/mol. The van der Waals surface area contributed by atoms with Gasteiger partial charge in [0.25, 0.3) is 0 Å². The standard InChI is InChI=1S/C12H21N3O/c1-3-9-10(4-2)15-12(14-9)11(13)8-5-6-16-7-8/h8,11H,3-7,13H2,1-2H3,(H,14,15). The Morgan fingerprint density at radius 1 is 1.50 bits per heavy atom. The molecule has 1 saturated heterocycles. The van der Waals surface area contributed by atoms with Gasteiger partial charge in [-0.25, -0.2) is 4.98 Å². The lowest BCUT2D eigenvalue weighted by atomic mass is 9.99. The van der Waals surface area contributed by atoms with Crippen molar-refractivity contribution < 1.29 is 4.74 Å². The Morgan fingerprint density at radius 2 is 2.31 bits per heavy atom. The minimum Gasteiger partial charge on any atom is -0.381 e. The minimum absolute atomic E-state index is 0.00639. The molecule has 2 heterocycles. The van der Waals surface area contributed by atoms with Crippen LogP contribution in [0.25, 0.3) is 0 Å². The molecule has 4 nitrogen and oxygen atoms in total. The molecule has 2 unspecified atom stereocenters. The van der Waals surface area contributed by atoms with Crippen LogP contribution >= 0.6 is 0 Å². The molecular weight excluding hydrogens is 202 g/mol. The molecule has 1 aliphatic heterocycles. The average Bonchev–Trinajstić information content (AvgIpc) is 2.96. The molecule has 3 N–H and O–H groups in total. The highest BCUT2D eigenvalue weighted by molar-refractivity contribution is 5.16. The van der Waals surface area contributed by atoms with E-state index in [1.54, 1.807) is 0 Å². The third kappa shape index (κ3) is 2.13. The molecule has 0 saturated carbocycles. The van der Waals surface area contributed by atoms with Gasteiger partial charge in [-0.05, 0) is 19.3 Å². The SMILES string of the molecule is CCc1nc(C(N)C2CCOC2)[nH]c1CC. The second kappa shape index (κ2) is 4.97. The number of imidazole rings is 1. The molecule has 90 valence electrons. The maximum Gasteiger partial charge on any atom is 0.123 e. The maximum absolute atomic E-state index is 6.22. The fourth-order valence-corrected chi connectivity index (χ4v) is 2.27. The zero-order valence-electron chi connectivity index (χ0n) is 10.1. The van der Waals surface area contributed by atoms with Gasteiger partial charge >= 0.3 is 0 Å². The first kappa shape index (κ1) is 11.6. The number of aromatic amines is 1. The molecular formula is C12H21N3O. The van der Waals surface area contributed by atoms with E-state index in [0.29, 0.717) is 5.92 Å². The van der Waals surface area contributed by atoms with Gasteiger partial charge in [0, 0.05) is 18.2 Å². The van der Waals surface area contributed by atoms with Crippen molar-refractivity contribution in [1.82, 2.24) is 9.97 Å². The van der Waals surface area contributed by atoms with Gasteiger partial charge in [-0.2, -0.15) is 0 Å². The number of nitrogens with one attached hydrogen (secondary N) is 1. The first-order valence-electron chi connectivity index (χ1n) is 6.17. The number of H-pyrrole nitrogens is 1. The van der Waals surface area contributed by atoms with Gasteiger partial charge in [0.05, 0.1) is 18.3 Å². The van der Waals surface area contributed by atoms with Gasteiger partial charge in [-0.15, -0.1) is 0 Å². The lowest BCUT2D eigenvalue weighted by molar-refractivity contribution is 0.180. The van der Waals surface area contributed by atoms with Crippen molar-refractivity contribution in [3.8, 4) is 0 Å². The number of nitrogens with two attached hydrogens (primary N) is 1. The van der Waals surface area contributed by atoms with Crippen LogP contribution in [0.3, 0.4) is 0 Å². The van der Waals surface area contributed by atoms with Crippen molar-refractivity contribution in [1.29, 1.82) is 0 Å². The number of hydrogen-bond acceptors (Lipinski definition) is 3. The van der Waals surface area contributed by atoms with E-state index < -0.39 is 0 Å². The largest absolute Gasteiger partial charge is 0.381 e. The number of aromatic nitrogens is 2. The van der Waals surface area contributed by atoms with Crippen molar-refractivity contribution in [2.45, 2.75) is 39.2 Å². The Balaban J connectivity index is 2.15. The molecule has 1 fully saturated rings. The number of ether oxygens (including phenoxy) is 1. The summed E-state index contributed by atoms with van der Waals surface area (Å²) in [7, 11) is 0. The smallest absolute Gasteiger partial charge is 0.123 e. The van der Waals surface area contributed by atoms with Crippen molar-refractivity contribution in [2.24, 2.45) is 11.7 Å². The van der Waals surface area contributed by atoms with Gasteiger partial charge in [0.1, 0.15) is 5.82 Å². The molecule has 0 amide bonds. The van der Waals surface area contributed by atoms with Gasteiger partial charge in [0.15, 0.2) is 0 Å². The molecule has 1 aliphatic rings. The van der Waals surface area contributed by atoms with Crippen LogP contribution in [0.2, 0.25) is 0 Å². The zero-order valence-corrected chi connectivity index (χ0v) is 10.1. The van der Waals surface area contributed by atoms with Crippen LogP contribution in [0, 0.1) is 5.92 Å². The number of nitrogens with zero attached hydrogens (tertiary/aromatic N) is 1.